The van der Waals surface area contributed by atoms with Crippen molar-refractivity contribution in [3.8, 4) is 5.75 Å². The molecule has 3 rings (SSSR count). The minimum Gasteiger partial charge on any atom is -0.494 e. The Morgan fingerprint density at radius 1 is 1.08 bits per heavy atom. The van der Waals surface area contributed by atoms with Gasteiger partial charge in [-0.2, -0.15) is 0 Å². The van der Waals surface area contributed by atoms with Gasteiger partial charge in [0, 0.05) is 11.1 Å². The topological polar surface area (TPSA) is 60.4 Å². The lowest BCUT2D eigenvalue weighted by molar-refractivity contribution is 0.103. The Kier molecular flexibility index (Phi) is 5.04. The standard InChI is InChI=1S/C20H20O4S/c1-2-3-12-24-17-10-8-15(9-11-17)13-16-14-25(22,23)19-7-5-4-6-18(19)20(16)21/h4-11,13H,2-3,12,14H2,1H3/b16-13+. The zero-order valence-electron chi connectivity index (χ0n) is 14.1. The Morgan fingerprint density at radius 3 is 2.52 bits per heavy atom. The number of carbonyl (C=O) groups is 1. The molecule has 0 saturated carbocycles. The molecule has 2 aromatic rings. The summed E-state index contributed by atoms with van der Waals surface area (Å²) in [5.74, 6) is 0.273. The highest BCUT2D eigenvalue weighted by atomic mass is 32.2. The first-order valence-electron chi connectivity index (χ1n) is 8.31. The zero-order chi connectivity index (χ0) is 17.9. The maximum Gasteiger partial charge on any atom is 0.191 e. The first-order chi connectivity index (χ1) is 12.0. The monoisotopic (exact) mass is 356 g/mol. The lowest BCUT2D eigenvalue weighted by Crippen LogP contribution is -2.24. The highest BCUT2D eigenvalue weighted by Gasteiger charge is 2.32. The Labute approximate surface area is 148 Å². The van der Waals surface area contributed by atoms with Gasteiger partial charge in [-0.3, -0.25) is 4.79 Å². The van der Waals surface area contributed by atoms with E-state index in [2.05, 4.69) is 6.92 Å². The molecule has 0 fully saturated rings. The van der Waals surface area contributed by atoms with Crippen molar-refractivity contribution >= 4 is 21.7 Å². The van der Waals surface area contributed by atoms with E-state index >= 15 is 0 Å². The summed E-state index contributed by atoms with van der Waals surface area (Å²) in [6.45, 7) is 2.77. The number of fused-ring (bicyclic) bond motifs is 1. The van der Waals surface area contributed by atoms with Gasteiger partial charge in [0.25, 0.3) is 0 Å². The molecule has 25 heavy (non-hydrogen) atoms. The largest absolute Gasteiger partial charge is 0.494 e. The SMILES string of the molecule is CCCCOc1ccc(/C=C2\CS(=O)(=O)c3ccccc3C2=O)cc1. The average molecular weight is 356 g/mol. The molecule has 0 saturated heterocycles. The number of ketones is 1. The lowest BCUT2D eigenvalue weighted by atomic mass is 10.0. The van der Waals surface area contributed by atoms with Crippen molar-refractivity contribution < 1.29 is 17.9 Å². The van der Waals surface area contributed by atoms with E-state index in [1.807, 2.05) is 24.3 Å². The van der Waals surface area contributed by atoms with Gasteiger partial charge in [0.2, 0.25) is 0 Å². The number of Topliss-reactive ketones (excluding diaryl/α,β-unsaturated/α-hetero) is 1. The summed E-state index contributed by atoms with van der Waals surface area (Å²) < 4.78 is 30.4. The van der Waals surface area contributed by atoms with Crippen LogP contribution in [-0.2, 0) is 9.84 Å². The van der Waals surface area contributed by atoms with Crippen LogP contribution in [0.2, 0.25) is 0 Å². The molecular formula is C20H20O4S. The Bertz CT molecular complexity index is 909. The van der Waals surface area contributed by atoms with E-state index in [-0.39, 0.29) is 22.0 Å². The molecule has 0 unspecified atom stereocenters. The van der Waals surface area contributed by atoms with Crippen molar-refractivity contribution in [1.29, 1.82) is 0 Å². The number of hydrogen-bond donors (Lipinski definition) is 0. The van der Waals surface area contributed by atoms with Crippen molar-refractivity contribution in [2.24, 2.45) is 0 Å². The van der Waals surface area contributed by atoms with E-state index in [1.54, 1.807) is 24.3 Å². The highest BCUT2D eigenvalue weighted by Crippen LogP contribution is 2.29. The van der Waals surface area contributed by atoms with Crippen LogP contribution in [0.25, 0.3) is 6.08 Å². The summed E-state index contributed by atoms with van der Waals surface area (Å²) in [4.78, 5) is 12.7. The number of carbonyl (C=O) groups excluding carboxylic acids is 1. The minimum absolute atomic E-state index is 0.122. The van der Waals surface area contributed by atoms with Crippen LogP contribution < -0.4 is 4.74 Å². The van der Waals surface area contributed by atoms with Gasteiger partial charge in [-0.25, -0.2) is 8.42 Å². The maximum atomic E-state index is 12.6. The van der Waals surface area contributed by atoms with E-state index in [9.17, 15) is 13.2 Å². The molecule has 0 atom stereocenters. The third-order valence-electron chi connectivity index (χ3n) is 4.09. The molecule has 4 nitrogen and oxygen atoms in total. The number of hydrogen-bond acceptors (Lipinski definition) is 4. The van der Waals surface area contributed by atoms with E-state index in [4.69, 9.17) is 4.74 Å². The van der Waals surface area contributed by atoms with Gasteiger partial charge in [0.15, 0.2) is 15.6 Å². The van der Waals surface area contributed by atoms with Gasteiger partial charge in [0.05, 0.1) is 17.3 Å². The van der Waals surface area contributed by atoms with Crippen LogP contribution in [0.15, 0.2) is 59.0 Å². The third kappa shape index (κ3) is 3.82. The molecule has 1 aliphatic heterocycles. The molecular weight excluding hydrogens is 336 g/mol. The summed E-state index contributed by atoms with van der Waals surface area (Å²) in [7, 11) is -3.48. The number of rotatable bonds is 5. The molecule has 1 heterocycles. The van der Waals surface area contributed by atoms with Crippen LogP contribution in [0.5, 0.6) is 5.75 Å². The minimum atomic E-state index is -3.48. The van der Waals surface area contributed by atoms with Gasteiger partial charge in [-0.15, -0.1) is 0 Å². The van der Waals surface area contributed by atoms with Crippen LogP contribution in [-0.4, -0.2) is 26.6 Å². The maximum absolute atomic E-state index is 12.6. The van der Waals surface area contributed by atoms with Gasteiger partial charge in [-0.05, 0) is 42.3 Å². The Balaban J connectivity index is 1.86. The normalized spacial score (nSPS) is 17.3. The molecule has 0 aromatic heterocycles. The molecule has 2 aromatic carbocycles. The highest BCUT2D eigenvalue weighted by molar-refractivity contribution is 7.91. The summed E-state index contributed by atoms with van der Waals surface area (Å²) in [6.07, 6.45) is 3.71. The van der Waals surface area contributed by atoms with Crippen molar-refractivity contribution in [2.45, 2.75) is 24.7 Å². The van der Waals surface area contributed by atoms with E-state index in [0.29, 0.717) is 12.2 Å². The van der Waals surface area contributed by atoms with Crippen LogP contribution in [0.3, 0.4) is 0 Å². The predicted molar refractivity (Wildman–Crippen MR) is 97.6 cm³/mol. The Hall–Kier alpha value is -2.40. The summed E-state index contributed by atoms with van der Waals surface area (Å²) in [6, 6.07) is 13.7. The molecule has 1 aliphatic rings. The van der Waals surface area contributed by atoms with Gasteiger partial charge < -0.3 is 4.74 Å². The van der Waals surface area contributed by atoms with Crippen LogP contribution in [0, 0.1) is 0 Å². The second-order valence-corrected chi connectivity index (χ2v) is 7.98. The van der Waals surface area contributed by atoms with Crippen LogP contribution in [0.1, 0.15) is 35.7 Å². The fourth-order valence-corrected chi connectivity index (χ4v) is 4.31. The van der Waals surface area contributed by atoms with Gasteiger partial charge in [0.1, 0.15) is 5.75 Å². The summed E-state index contributed by atoms with van der Waals surface area (Å²) in [5, 5.41) is 0. The number of ether oxygens (including phenoxy) is 1. The van der Waals surface area contributed by atoms with E-state index < -0.39 is 9.84 Å². The van der Waals surface area contributed by atoms with Gasteiger partial charge in [-0.1, -0.05) is 37.6 Å². The summed E-state index contributed by atoms with van der Waals surface area (Å²) >= 11 is 0. The molecule has 0 amide bonds. The second-order valence-electron chi connectivity index (χ2n) is 6.02. The third-order valence-corrected chi connectivity index (χ3v) is 5.81. The van der Waals surface area contributed by atoms with Crippen molar-refractivity contribution in [1.82, 2.24) is 0 Å². The van der Waals surface area contributed by atoms with Crippen molar-refractivity contribution in [2.75, 3.05) is 12.4 Å². The van der Waals surface area contributed by atoms with Crippen LogP contribution >= 0.6 is 0 Å². The van der Waals surface area contributed by atoms with Crippen LogP contribution in [0.4, 0.5) is 0 Å². The number of benzene rings is 2. The average Bonchev–Trinajstić information content (AvgIpc) is 2.61. The first-order valence-corrected chi connectivity index (χ1v) is 9.96. The molecule has 130 valence electrons. The molecule has 0 N–H and O–H groups in total. The number of unbranched alkanes of at least 4 members (excludes halogenated alkanes) is 1. The van der Waals surface area contributed by atoms with Gasteiger partial charge >= 0.3 is 0 Å². The number of sulfone groups is 1. The fourth-order valence-electron chi connectivity index (χ4n) is 2.75. The molecule has 0 bridgehead atoms. The predicted octanol–water partition coefficient (Wildman–Crippen LogP) is 3.92. The summed E-state index contributed by atoms with van der Waals surface area (Å²) in [5.41, 5.74) is 1.32. The van der Waals surface area contributed by atoms with E-state index in [0.717, 1.165) is 24.2 Å². The zero-order valence-corrected chi connectivity index (χ0v) is 14.9. The smallest absolute Gasteiger partial charge is 0.191 e. The molecule has 0 aliphatic carbocycles. The molecule has 5 heteroatoms. The molecule has 0 radical (unpaired) electrons. The van der Waals surface area contributed by atoms with Crippen molar-refractivity contribution in [3.63, 3.8) is 0 Å². The molecule has 0 spiro atoms. The first kappa shape index (κ1) is 17.4. The van der Waals surface area contributed by atoms with E-state index in [1.165, 1.54) is 6.07 Å². The Morgan fingerprint density at radius 2 is 1.80 bits per heavy atom. The second kappa shape index (κ2) is 7.23. The lowest BCUT2D eigenvalue weighted by Gasteiger charge is -2.17. The fraction of sp³-hybridized carbons (Fsp3) is 0.250. The quantitative estimate of drug-likeness (QED) is 0.602. The van der Waals surface area contributed by atoms with Crippen molar-refractivity contribution in [3.05, 3.63) is 65.2 Å².